The molecule has 12 heteroatoms. The molecule has 1 heterocycles. The van der Waals surface area contributed by atoms with Crippen LogP contribution in [0.4, 0.5) is 0 Å². The number of nitrogens with one attached hydrogen (secondary N) is 4. The lowest BCUT2D eigenvalue weighted by molar-refractivity contribution is -0.142. The average molecular weight is 546 g/mol. The molecule has 3 amide bonds. The molecule has 0 aliphatic rings. The second kappa shape index (κ2) is 14.3. The van der Waals surface area contributed by atoms with Crippen molar-refractivity contribution in [3.8, 4) is 0 Å². The van der Waals surface area contributed by atoms with E-state index in [0.29, 0.717) is 12.8 Å². The first-order chi connectivity index (χ1) is 18.4. The van der Waals surface area contributed by atoms with Crippen molar-refractivity contribution < 1.29 is 34.2 Å². The number of hydrogen-bond acceptors (Lipinski definition) is 6. The van der Waals surface area contributed by atoms with Gasteiger partial charge in [-0.25, -0.2) is 4.79 Å². The summed E-state index contributed by atoms with van der Waals surface area (Å²) >= 11 is 0. The molecule has 6 atom stereocenters. The summed E-state index contributed by atoms with van der Waals surface area (Å²) in [5.74, 6) is -5.31. The van der Waals surface area contributed by atoms with Gasteiger partial charge in [-0.15, -0.1) is 0 Å². The van der Waals surface area contributed by atoms with Gasteiger partial charge in [0.1, 0.15) is 18.1 Å². The molecule has 2 rings (SSSR count). The molecule has 8 N–H and O–H groups in total. The second-order valence-electron chi connectivity index (χ2n) is 9.91. The minimum atomic E-state index is -1.35. The van der Waals surface area contributed by atoms with Gasteiger partial charge in [-0.1, -0.05) is 58.7 Å². The molecule has 0 saturated carbocycles. The van der Waals surface area contributed by atoms with Crippen LogP contribution in [0.1, 0.15) is 52.5 Å². The number of carboxylic acid groups (broad SMARTS) is 2. The van der Waals surface area contributed by atoms with E-state index in [0.717, 1.165) is 16.5 Å². The third-order valence-electron chi connectivity index (χ3n) is 7.03. The standard InChI is InChI=1S/C27H39N5O7/c1-5-14(3)22(32-26(37)23(15(4)6-2)31-24(35)18(28)12-21(33)34)25(36)30-20(27(38)39)11-16-13-29-19-10-8-7-9-17(16)19/h7-10,13-15,18,20,22-23,29H,5-6,11-12,28H2,1-4H3,(H,30,36)(H,31,35)(H,32,37)(H,33,34)(H,38,39). The van der Waals surface area contributed by atoms with Gasteiger partial charge < -0.3 is 36.9 Å². The summed E-state index contributed by atoms with van der Waals surface area (Å²) in [6.07, 6.45) is 2.13. The summed E-state index contributed by atoms with van der Waals surface area (Å²) in [5, 5.41) is 27.4. The molecular formula is C27H39N5O7. The van der Waals surface area contributed by atoms with Crippen LogP contribution in [0.2, 0.25) is 0 Å². The lowest BCUT2D eigenvalue weighted by atomic mass is 9.94. The average Bonchev–Trinajstić information content (AvgIpc) is 3.30. The number of H-pyrrole nitrogens is 1. The van der Waals surface area contributed by atoms with E-state index in [1.54, 1.807) is 20.0 Å². The van der Waals surface area contributed by atoms with Crippen molar-refractivity contribution in [2.24, 2.45) is 17.6 Å². The van der Waals surface area contributed by atoms with E-state index in [9.17, 15) is 29.1 Å². The largest absolute Gasteiger partial charge is 0.481 e. The Morgan fingerprint density at radius 3 is 1.95 bits per heavy atom. The Balaban J connectivity index is 2.21. The van der Waals surface area contributed by atoms with Crippen LogP contribution in [-0.2, 0) is 30.4 Å². The Hall–Kier alpha value is -3.93. The number of carboxylic acids is 2. The van der Waals surface area contributed by atoms with Crippen LogP contribution in [0.3, 0.4) is 0 Å². The van der Waals surface area contributed by atoms with E-state index in [-0.39, 0.29) is 18.3 Å². The highest BCUT2D eigenvalue weighted by atomic mass is 16.4. The monoisotopic (exact) mass is 545 g/mol. The molecule has 39 heavy (non-hydrogen) atoms. The maximum Gasteiger partial charge on any atom is 0.326 e. The van der Waals surface area contributed by atoms with E-state index in [1.807, 2.05) is 38.1 Å². The Labute approximate surface area is 227 Å². The molecule has 1 aromatic heterocycles. The molecule has 0 spiro atoms. The first-order valence-electron chi connectivity index (χ1n) is 13.1. The zero-order valence-corrected chi connectivity index (χ0v) is 22.7. The molecule has 0 fully saturated rings. The van der Waals surface area contributed by atoms with Crippen molar-refractivity contribution in [3.05, 3.63) is 36.0 Å². The third kappa shape index (κ3) is 8.54. The molecule has 2 aromatic rings. The quantitative estimate of drug-likeness (QED) is 0.172. The highest BCUT2D eigenvalue weighted by Crippen LogP contribution is 2.20. The second-order valence-corrected chi connectivity index (χ2v) is 9.91. The maximum absolute atomic E-state index is 13.3. The van der Waals surface area contributed by atoms with Gasteiger partial charge in [0.25, 0.3) is 0 Å². The third-order valence-corrected chi connectivity index (χ3v) is 7.03. The van der Waals surface area contributed by atoms with Crippen LogP contribution >= 0.6 is 0 Å². The van der Waals surface area contributed by atoms with Gasteiger partial charge in [-0.3, -0.25) is 19.2 Å². The van der Waals surface area contributed by atoms with Crippen LogP contribution in [-0.4, -0.2) is 69.0 Å². The minimum Gasteiger partial charge on any atom is -0.481 e. The number of aromatic amines is 1. The first-order valence-corrected chi connectivity index (χ1v) is 13.1. The van der Waals surface area contributed by atoms with Crippen LogP contribution < -0.4 is 21.7 Å². The zero-order valence-electron chi connectivity index (χ0n) is 22.7. The fraction of sp³-hybridized carbons (Fsp3) is 0.519. The number of carbonyl (C=O) groups is 5. The van der Waals surface area contributed by atoms with E-state index >= 15 is 0 Å². The van der Waals surface area contributed by atoms with Gasteiger partial charge in [0.2, 0.25) is 17.7 Å². The molecule has 12 nitrogen and oxygen atoms in total. The highest BCUT2D eigenvalue weighted by Gasteiger charge is 2.34. The van der Waals surface area contributed by atoms with Crippen molar-refractivity contribution in [1.82, 2.24) is 20.9 Å². The van der Waals surface area contributed by atoms with Gasteiger partial charge in [-0.2, -0.15) is 0 Å². The topological polar surface area (TPSA) is 204 Å². The van der Waals surface area contributed by atoms with Crippen molar-refractivity contribution in [3.63, 3.8) is 0 Å². The minimum absolute atomic E-state index is 0.0271. The van der Waals surface area contributed by atoms with Gasteiger partial charge in [0.05, 0.1) is 12.5 Å². The number of aromatic nitrogens is 1. The van der Waals surface area contributed by atoms with Gasteiger partial charge in [0.15, 0.2) is 0 Å². The van der Waals surface area contributed by atoms with Crippen LogP contribution in [0.5, 0.6) is 0 Å². The molecule has 214 valence electrons. The summed E-state index contributed by atoms with van der Waals surface area (Å²) < 4.78 is 0. The number of benzene rings is 1. The highest BCUT2D eigenvalue weighted by molar-refractivity contribution is 5.95. The smallest absolute Gasteiger partial charge is 0.326 e. The predicted octanol–water partition coefficient (Wildman–Crippen LogP) is 1.14. The summed E-state index contributed by atoms with van der Waals surface area (Å²) in [4.78, 5) is 65.2. The van der Waals surface area contributed by atoms with E-state index in [1.165, 1.54) is 0 Å². The fourth-order valence-electron chi connectivity index (χ4n) is 4.17. The Kier molecular flexibility index (Phi) is 11.5. The van der Waals surface area contributed by atoms with Crippen LogP contribution in [0.15, 0.2) is 30.5 Å². The molecule has 0 bridgehead atoms. The molecule has 6 unspecified atom stereocenters. The van der Waals surface area contributed by atoms with Crippen molar-refractivity contribution in [1.29, 1.82) is 0 Å². The maximum atomic E-state index is 13.3. The molecule has 0 aliphatic heterocycles. The fourth-order valence-corrected chi connectivity index (χ4v) is 4.17. The van der Waals surface area contributed by atoms with E-state index in [2.05, 4.69) is 20.9 Å². The zero-order chi connectivity index (χ0) is 29.3. The van der Waals surface area contributed by atoms with Crippen molar-refractivity contribution >= 4 is 40.6 Å². The summed E-state index contributed by atoms with van der Waals surface area (Å²) in [5.41, 5.74) is 7.22. The summed E-state index contributed by atoms with van der Waals surface area (Å²) in [6.45, 7) is 7.12. The van der Waals surface area contributed by atoms with Gasteiger partial charge in [0, 0.05) is 23.5 Å². The number of rotatable bonds is 15. The normalized spacial score (nSPS) is 15.8. The molecule has 0 radical (unpaired) electrons. The molecule has 0 saturated heterocycles. The number of aliphatic carboxylic acids is 2. The number of carbonyl (C=O) groups excluding carboxylic acids is 3. The summed E-state index contributed by atoms with van der Waals surface area (Å²) in [7, 11) is 0. The number of para-hydroxylation sites is 1. The van der Waals surface area contributed by atoms with E-state index < -0.39 is 60.2 Å². The Morgan fingerprint density at radius 2 is 1.41 bits per heavy atom. The first kappa shape index (κ1) is 31.3. The molecule has 1 aromatic carbocycles. The van der Waals surface area contributed by atoms with Gasteiger partial charge in [-0.05, 0) is 23.5 Å². The van der Waals surface area contributed by atoms with E-state index in [4.69, 9.17) is 10.8 Å². The summed E-state index contributed by atoms with van der Waals surface area (Å²) in [6, 6.07) is 2.65. The van der Waals surface area contributed by atoms with Crippen LogP contribution in [0.25, 0.3) is 10.9 Å². The molecular weight excluding hydrogens is 506 g/mol. The van der Waals surface area contributed by atoms with Crippen molar-refractivity contribution in [2.75, 3.05) is 0 Å². The predicted molar refractivity (Wildman–Crippen MR) is 145 cm³/mol. The Morgan fingerprint density at radius 1 is 0.872 bits per heavy atom. The SMILES string of the molecule is CCC(C)C(NC(=O)C(N)CC(=O)O)C(=O)NC(C(=O)NC(Cc1c[nH]c2ccccc12)C(=O)O)C(C)CC. The Bertz CT molecular complexity index is 1180. The van der Waals surface area contributed by atoms with Crippen molar-refractivity contribution in [2.45, 2.75) is 77.5 Å². The van der Waals surface area contributed by atoms with Gasteiger partial charge >= 0.3 is 11.9 Å². The number of hydrogen-bond donors (Lipinski definition) is 7. The van der Waals surface area contributed by atoms with Crippen LogP contribution in [0, 0.1) is 11.8 Å². The number of nitrogens with two attached hydrogens (primary N) is 1. The number of fused-ring (bicyclic) bond motifs is 1. The lowest BCUT2D eigenvalue weighted by Crippen LogP contribution is -2.60. The number of amides is 3. The lowest BCUT2D eigenvalue weighted by Gasteiger charge is -2.30. The molecule has 0 aliphatic carbocycles.